The maximum absolute atomic E-state index is 11.9. The highest BCUT2D eigenvalue weighted by molar-refractivity contribution is 5.89. The van der Waals surface area contributed by atoms with Crippen molar-refractivity contribution in [3.05, 3.63) is 42.6 Å². The van der Waals surface area contributed by atoms with Crippen LogP contribution in [-0.2, 0) is 11.3 Å². The van der Waals surface area contributed by atoms with Crippen molar-refractivity contribution in [2.45, 2.75) is 26.8 Å². The summed E-state index contributed by atoms with van der Waals surface area (Å²) in [7, 11) is 0. The van der Waals surface area contributed by atoms with Crippen molar-refractivity contribution >= 4 is 11.7 Å². The molecule has 0 saturated carbocycles. The molecule has 1 aromatic heterocycles. The van der Waals surface area contributed by atoms with Crippen LogP contribution in [0.2, 0.25) is 0 Å². The van der Waals surface area contributed by atoms with Gasteiger partial charge >= 0.3 is 0 Å². The Balaban J connectivity index is 1.78. The van der Waals surface area contributed by atoms with Crippen LogP contribution in [-0.4, -0.2) is 22.3 Å². The van der Waals surface area contributed by atoms with Crippen LogP contribution >= 0.6 is 0 Å². The standard InChI is InChI=1S/C16H21N3O2/c1-13(2)12-19-15(8-10-17-19)18-16(20)9-11-21-14-6-4-3-5-7-14/h3-8,10,13H,9,11-12H2,1-2H3,(H,18,20). The van der Waals surface area contributed by atoms with Gasteiger partial charge in [-0.05, 0) is 18.1 Å². The van der Waals surface area contributed by atoms with E-state index < -0.39 is 0 Å². The van der Waals surface area contributed by atoms with Crippen LogP contribution in [0, 0.1) is 5.92 Å². The molecule has 0 spiro atoms. The molecule has 0 radical (unpaired) electrons. The molecular formula is C16H21N3O2. The minimum Gasteiger partial charge on any atom is -0.493 e. The molecule has 2 aromatic rings. The first kappa shape index (κ1) is 15.1. The molecule has 5 heteroatoms. The Labute approximate surface area is 124 Å². The third-order valence-corrected chi connectivity index (χ3v) is 2.86. The lowest BCUT2D eigenvalue weighted by Crippen LogP contribution is -2.19. The van der Waals surface area contributed by atoms with Gasteiger partial charge in [0.1, 0.15) is 11.6 Å². The molecular weight excluding hydrogens is 266 g/mol. The van der Waals surface area contributed by atoms with Gasteiger partial charge in [-0.1, -0.05) is 32.0 Å². The molecule has 1 N–H and O–H groups in total. The monoisotopic (exact) mass is 287 g/mol. The van der Waals surface area contributed by atoms with Crippen molar-refractivity contribution in [3.63, 3.8) is 0 Å². The lowest BCUT2D eigenvalue weighted by atomic mass is 10.2. The fraction of sp³-hybridized carbons (Fsp3) is 0.375. The Kier molecular flexibility index (Phi) is 5.37. The molecule has 0 saturated heterocycles. The average Bonchev–Trinajstić information content (AvgIpc) is 2.86. The molecule has 0 bridgehead atoms. The maximum atomic E-state index is 11.9. The smallest absolute Gasteiger partial charge is 0.228 e. The fourth-order valence-electron chi connectivity index (χ4n) is 1.91. The lowest BCUT2D eigenvalue weighted by Gasteiger charge is -2.11. The number of nitrogens with one attached hydrogen (secondary N) is 1. The van der Waals surface area contributed by atoms with Gasteiger partial charge in [-0.2, -0.15) is 5.10 Å². The third kappa shape index (κ3) is 4.95. The number of aromatic nitrogens is 2. The Hall–Kier alpha value is -2.30. The van der Waals surface area contributed by atoms with Crippen LogP contribution in [0.3, 0.4) is 0 Å². The summed E-state index contributed by atoms with van der Waals surface area (Å²) < 4.78 is 7.31. The molecule has 21 heavy (non-hydrogen) atoms. The van der Waals surface area contributed by atoms with Crippen molar-refractivity contribution in [1.82, 2.24) is 9.78 Å². The van der Waals surface area contributed by atoms with Crippen LogP contribution in [0.25, 0.3) is 0 Å². The van der Waals surface area contributed by atoms with E-state index in [1.165, 1.54) is 0 Å². The zero-order valence-corrected chi connectivity index (χ0v) is 12.5. The van der Waals surface area contributed by atoms with E-state index in [1.807, 2.05) is 30.3 Å². The number of hydrogen-bond donors (Lipinski definition) is 1. The topological polar surface area (TPSA) is 56.2 Å². The summed E-state index contributed by atoms with van der Waals surface area (Å²) in [5.41, 5.74) is 0. The molecule has 112 valence electrons. The summed E-state index contributed by atoms with van der Waals surface area (Å²) in [6.07, 6.45) is 2.00. The zero-order chi connectivity index (χ0) is 15.1. The number of carbonyl (C=O) groups is 1. The zero-order valence-electron chi connectivity index (χ0n) is 12.5. The number of nitrogens with zero attached hydrogens (tertiary/aromatic N) is 2. The number of hydrogen-bond acceptors (Lipinski definition) is 3. The van der Waals surface area contributed by atoms with Gasteiger partial charge in [-0.3, -0.25) is 4.79 Å². The van der Waals surface area contributed by atoms with Crippen molar-refractivity contribution < 1.29 is 9.53 Å². The summed E-state index contributed by atoms with van der Waals surface area (Å²) in [6.45, 7) is 5.36. The lowest BCUT2D eigenvalue weighted by molar-refractivity contribution is -0.116. The summed E-state index contributed by atoms with van der Waals surface area (Å²) in [6, 6.07) is 11.3. The molecule has 1 amide bonds. The van der Waals surface area contributed by atoms with Crippen molar-refractivity contribution in [1.29, 1.82) is 0 Å². The third-order valence-electron chi connectivity index (χ3n) is 2.86. The van der Waals surface area contributed by atoms with E-state index in [4.69, 9.17) is 4.74 Å². The number of ether oxygens (including phenoxy) is 1. The number of rotatable bonds is 7. The molecule has 2 rings (SSSR count). The highest BCUT2D eigenvalue weighted by atomic mass is 16.5. The second kappa shape index (κ2) is 7.47. The summed E-state index contributed by atoms with van der Waals surface area (Å²) >= 11 is 0. The van der Waals surface area contributed by atoms with E-state index in [9.17, 15) is 4.79 Å². The van der Waals surface area contributed by atoms with E-state index in [0.29, 0.717) is 18.9 Å². The summed E-state index contributed by atoms with van der Waals surface area (Å²) in [4.78, 5) is 11.9. The van der Waals surface area contributed by atoms with Crippen LogP contribution in [0.4, 0.5) is 5.82 Å². The highest BCUT2D eigenvalue weighted by Gasteiger charge is 2.08. The molecule has 0 aliphatic heterocycles. The van der Waals surface area contributed by atoms with Crippen LogP contribution in [0.1, 0.15) is 20.3 Å². The predicted octanol–water partition coefficient (Wildman–Crippen LogP) is 2.95. The molecule has 1 heterocycles. The average molecular weight is 287 g/mol. The molecule has 0 aliphatic carbocycles. The van der Waals surface area contributed by atoms with E-state index in [-0.39, 0.29) is 5.91 Å². The van der Waals surface area contributed by atoms with Crippen LogP contribution in [0.5, 0.6) is 5.75 Å². The normalized spacial score (nSPS) is 10.6. The molecule has 0 aliphatic rings. The first-order valence-corrected chi connectivity index (χ1v) is 7.14. The number of carbonyl (C=O) groups excluding carboxylic acids is 1. The van der Waals surface area contributed by atoms with Gasteiger partial charge in [0.15, 0.2) is 0 Å². The first-order valence-electron chi connectivity index (χ1n) is 7.14. The van der Waals surface area contributed by atoms with Gasteiger partial charge in [-0.25, -0.2) is 4.68 Å². The van der Waals surface area contributed by atoms with Crippen molar-refractivity contribution in [2.75, 3.05) is 11.9 Å². The second-order valence-electron chi connectivity index (χ2n) is 5.25. The maximum Gasteiger partial charge on any atom is 0.228 e. The number of para-hydroxylation sites is 1. The quantitative estimate of drug-likeness (QED) is 0.851. The van der Waals surface area contributed by atoms with Gasteiger partial charge in [0, 0.05) is 12.6 Å². The fourth-order valence-corrected chi connectivity index (χ4v) is 1.91. The summed E-state index contributed by atoms with van der Waals surface area (Å²) in [5, 5.41) is 7.07. The molecule has 0 unspecified atom stereocenters. The van der Waals surface area contributed by atoms with Gasteiger partial charge in [0.25, 0.3) is 0 Å². The largest absolute Gasteiger partial charge is 0.493 e. The van der Waals surface area contributed by atoms with E-state index in [1.54, 1.807) is 16.9 Å². The highest BCUT2D eigenvalue weighted by Crippen LogP contribution is 2.11. The minimum absolute atomic E-state index is 0.0727. The van der Waals surface area contributed by atoms with Gasteiger partial charge < -0.3 is 10.1 Å². The van der Waals surface area contributed by atoms with Crippen LogP contribution in [0.15, 0.2) is 42.6 Å². The molecule has 0 atom stereocenters. The Morgan fingerprint density at radius 1 is 1.29 bits per heavy atom. The van der Waals surface area contributed by atoms with E-state index >= 15 is 0 Å². The SMILES string of the molecule is CC(C)Cn1nccc1NC(=O)CCOc1ccccc1. The first-order chi connectivity index (χ1) is 10.1. The molecule has 5 nitrogen and oxygen atoms in total. The van der Waals surface area contributed by atoms with E-state index in [0.717, 1.165) is 18.1 Å². The number of benzene rings is 1. The molecule has 1 aromatic carbocycles. The van der Waals surface area contributed by atoms with Gasteiger partial charge in [0.05, 0.1) is 19.2 Å². The second-order valence-corrected chi connectivity index (χ2v) is 5.25. The van der Waals surface area contributed by atoms with E-state index in [2.05, 4.69) is 24.3 Å². The minimum atomic E-state index is -0.0727. The Bertz CT molecular complexity index is 564. The van der Waals surface area contributed by atoms with Gasteiger partial charge in [-0.15, -0.1) is 0 Å². The number of amides is 1. The summed E-state index contributed by atoms with van der Waals surface area (Å²) in [5.74, 6) is 1.90. The van der Waals surface area contributed by atoms with Crippen LogP contribution < -0.4 is 10.1 Å². The van der Waals surface area contributed by atoms with Gasteiger partial charge in [0.2, 0.25) is 5.91 Å². The Morgan fingerprint density at radius 2 is 2.05 bits per heavy atom. The predicted molar refractivity (Wildman–Crippen MR) is 82.2 cm³/mol. The van der Waals surface area contributed by atoms with Crippen molar-refractivity contribution in [3.8, 4) is 5.75 Å². The van der Waals surface area contributed by atoms with Crippen molar-refractivity contribution in [2.24, 2.45) is 5.92 Å². The Morgan fingerprint density at radius 3 is 2.76 bits per heavy atom. The number of anilines is 1. The molecule has 0 fully saturated rings.